The second kappa shape index (κ2) is 4.22. The number of aryl methyl sites for hydroxylation is 1. The minimum Gasteiger partial charge on any atom is -0.330 e. The Morgan fingerprint density at radius 1 is 1.50 bits per heavy atom. The molecule has 0 saturated carbocycles. The van der Waals surface area contributed by atoms with E-state index in [9.17, 15) is 4.39 Å². The van der Waals surface area contributed by atoms with Crippen molar-refractivity contribution < 1.29 is 4.39 Å². The Kier molecular flexibility index (Phi) is 2.92. The highest BCUT2D eigenvalue weighted by molar-refractivity contribution is 5.76. The van der Waals surface area contributed by atoms with Crippen LogP contribution in [-0.2, 0) is 7.05 Å². The molecule has 2 rings (SSSR count). The first kappa shape index (κ1) is 11.1. The van der Waals surface area contributed by atoms with Crippen molar-refractivity contribution in [2.24, 2.45) is 7.05 Å². The zero-order chi connectivity index (χ0) is 11.7. The summed E-state index contributed by atoms with van der Waals surface area (Å²) in [5.74, 6) is 0.690. The molecular formula is C12H16FN3. The maximum Gasteiger partial charge on any atom is 0.126 e. The molecule has 0 saturated heterocycles. The molecule has 3 nitrogen and oxygen atoms in total. The molecule has 1 heterocycles. The summed E-state index contributed by atoms with van der Waals surface area (Å²) in [5, 5.41) is 3.30. The summed E-state index contributed by atoms with van der Waals surface area (Å²) in [6, 6.07) is 4.87. The van der Waals surface area contributed by atoms with Gasteiger partial charge in [-0.3, -0.25) is 0 Å². The average Bonchev–Trinajstić information content (AvgIpc) is 2.56. The maximum atomic E-state index is 13.1. The number of halogens is 1. The van der Waals surface area contributed by atoms with E-state index >= 15 is 0 Å². The van der Waals surface area contributed by atoms with E-state index in [2.05, 4.69) is 24.1 Å². The van der Waals surface area contributed by atoms with Crippen LogP contribution < -0.4 is 5.32 Å². The molecule has 0 amide bonds. The van der Waals surface area contributed by atoms with Crippen LogP contribution in [0.15, 0.2) is 18.2 Å². The van der Waals surface area contributed by atoms with Crippen LogP contribution in [0.4, 0.5) is 4.39 Å². The van der Waals surface area contributed by atoms with Gasteiger partial charge in [-0.1, -0.05) is 6.92 Å². The molecule has 1 aromatic carbocycles. The number of nitrogens with one attached hydrogen (secondary N) is 1. The third-order valence-corrected chi connectivity index (χ3v) is 2.78. The summed E-state index contributed by atoms with van der Waals surface area (Å²) in [6.07, 6.45) is 0. The van der Waals surface area contributed by atoms with Crippen molar-refractivity contribution in [2.75, 3.05) is 6.54 Å². The van der Waals surface area contributed by atoms with Gasteiger partial charge in [-0.2, -0.15) is 0 Å². The lowest BCUT2D eigenvalue weighted by Crippen LogP contribution is -2.20. The quantitative estimate of drug-likeness (QED) is 0.862. The number of rotatable bonds is 3. The Balaban J connectivity index is 2.51. The van der Waals surface area contributed by atoms with E-state index in [-0.39, 0.29) is 11.9 Å². The molecule has 1 atom stereocenters. The van der Waals surface area contributed by atoms with E-state index in [0.29, 0.717) is 5.52 Å². The summed E-state index contributed by atoms with van der Waals surface area (Å²) >= 11 is 0. The SMILES string of the molecule is CCNC(C)c1nc2cc(F)ccc2n1C. The third-order valence-electron chi connectivity index (χ3n) is 2.78. The van der Waals surface area contributed by atoms with Gasteiger partial charge in [0.2, 0.25) is 0 Å². The van der Waals surface area contributed by atoms with Crippen LogP contribution in [0.1, 0.15) is 25.7 Å². The van der Waals surface area contributed by atoms with Gasteiger partial charge in [0, 0.05) is 13.1 Å². The zero-order valence-corrected chi connectivity index (χ0v) is 9.79. The molecule has 2 aromatic rings. The molecule has 0 bridgehead atoms. The molecule has 1 aromatic heterocycles. The first-order valence-corrected chi connectivity index (χ1v) is 5.48. The number of imidazole rings is 1. The highest BCUT2D eigenvalue weighted by atomic mass is 19.1. The highest BCUT2D eigenvalue weighted by Crippen LogP contribution is 2.20. The van der Waals surface area contributed by atoms with Gasteiger partial charge in [0.15, 0.2) is 0 Å². The van der Waals surface area contributed by atoms with Gasteiger partial charge in [-0.05, 0) is 25.6 Å². The van der Waals surface area contributed by atoms with Crippen molar-refractivity contribution >= 4 is 11.0 Å². The molecule has 0 radical (unpaired) electrons. The van der Waals surface area contributed by atoms with Gasteiger partial charge in [-0.25, -0.2) is 9.37 Å². The van der Waals surface area contributed by atoms with Crippen LogP contribution in [0.3, 0.4) is 0 Å². The second-order valence-electron chi connectivity index (χ2n) is 3.94. The van der Waals surface area contributed by atoms with Crippen molar-refractivity contribution in [1.82, 2.24) is 14.9 Å². The smallest absolute Gasteiger partial charge is 0.126 e. The number of nitrogens with zero attached hydrogens (tertiary/aromatic N) is 2. The highest BCUT2D eigenvalue weighted by Gasteiger charge is 2.13. The van der Waals surface area contributed by atoms with Gasteiger partial charge >= 0.3 is 0 Å². The number of aromatic nitrogens is 2. The van der Waals surface area contributed by atoms with Gasteiger partial charge in [0.25, 0.3) is 0 Å². The van der Waals surface area contributed by atoms with Crippen LogP contribution in [-0.4, -0.2) is 16.1 Å². The molecule has 16 heavy (non-hydrogen) atoms. The summed E-state index contributed by atoms with van der Waals surface area (Å²) in [6.45, 7) is 5.00. The fourth-order valence-corrected chi connectivity index (χ4v) is 1.98. The predicted octanol–water partition coefficient (Wildman–Crippen LogP) is 2.38. The fourth-order valence-electron chi connectivity index (χ4n) is 1.98. The first-order chi connectivity index (χ1) is 7.63. The molecule has 0 fully saturated rings. The van der Waals surface area contributed by atoms with Gasteiger partial charge < -0.3 is 9.88 Å². The predicted molar refractivity (Wildman–Crippen MR) is 62.8 cm³/mol. The third kappa shape index (κ3) is 1.80. The van der Waals surface area contributed by atoms with Crippen LogP contribution in [0.25, 0.3) is 11.0 Å². The van der Waals surface area contributed by atoms with E-state index < -0.39 is 0 Å². The van der Waals surface area contributed by atoms with E-state index in [1.165, 1.54) is 12.1 Å². The topological polar surface area (TPSA) is 29.9 Å². The standard InChI is InChI=1S/C12H16FN3/c1-4-14-8(2)12-15-10-7-9(13)5-6-11(10)16(12)3/h5-8,14H,4H2,1-3H3. The van der Waals surface area contributed by atoms with Gasteiger partial charge in [0.05, 0.1) is 17.1 Å². The van der Waals surface area contributed by atoms with Crippen molar-refractivity contribution in [1.29, 1.82) is 0 Å². The Morgan fingerprint density at radius 2 is 2.25 bits per heavy atom. The molecule has 0 aliphatic carbocycles. The first-order valence-electron chi connectivity index (χ1n) is 5.48. The van der Waals surface area contributed by atoms with E-state index in [0.717, 1.165) is 17.9 Å². The fraction of sp³-hybridized carbons (Fsp3) is 0.417. The van der Waals surface area contributed by atoms with E-state index in [1.54, 1.807) is 6.07 Å². The molecular weight excluding hydrogens is 205 g/mol. The monoisotopic (exact) mass is 221 g/mol. The molecule has 86 valence electrons. The van der Waals surface area contributed by atoms with Crippen molar-refractivity contribution in [2.45, 2.75) is 19.9 Å². The molecule has 4 heteroatoms. The Hall–Kier alpha value is -1.42. The van der Waals surface area contributed by atoms with Crippen LogP contribution in [0.5, 0.6) is 0 Å². The number of hydrogen-bond donors (Lipinski definition) is 1. The normalized spacial score (nSPS) is 13.2. The lowest BCUT2D eigenvalue weighted by molar-refractivity contribution is 0.551. The largest absolute Gasteiger partial charge is 0.330 e. The Morgan fingerprint density at radius 3 is 2.94 bits per heavy atom. The Labute approximate surface area is 94.3 Å². The van der Waals surface area contributed by atoms with E-state index in [4.69, 9.17) is 0 Å². The summed E-state index contributed by atoms with van der Waals surface area (Å²) in [5.41, 5.74) is 1.67. The number of hydrogen-bond acceptors (Lipinski definition) is 2. The van der Waals surface area contributed by atoms with E-state index in [1.807, 2.05) is 11.6 Å². The molecule has 0 spiro atoms. The van der Waals surface area contributed by atoms with Gasteiger partial charge in [-0.15, -0.1) is 0 Å². The number of benzene rings is 1. The summed E-state index contributed by atoms with van der Waals surface area (Å²) < 4.78 is 15.1. The maximum absolute atomic E-state index is 13.1. The summed E-state index contributed by atoms with van der Waals surface area (Å²) in [7, 11) is 1.95. The molecule has 1 N–H and O–H groups in total. The van der Waals surface area contributed by atoms with Crippen LogP contribution in [0.2, 0.25) is 0 Å². The van der Waals surface area contributed by atoms with Crippen molar-refractivity contribution in [3.05, 3.63) is 29.8 Å². The van der Waals surface area contributed by atoms with Gasteiger partial charge in [0.1, 0.15) is 11.6 Å². The van der Waals surface area contributed by atoms with Crippen LogP contribution >= 0.6 is 0 Å². The summed E-state index contributed by atoms with van der Waals surface area (Å²) in [4.78, 5) is 4.45. The molecule has 0 aliphatic rings. The molecule has 0 aliphatic heterocycles. The minimum absolute atomic E-state index is 0.172. The second-order valence-corrected chi connectivity index (χ2v) is 3.94. The van der Waals surface area contributed by atoms with Crippen LogP contribution in [0, 0.1) is 5.82 Å². The molecule has 1 unspecified atom stereocenters. The Bertz CT molecular complexity index is 504. The zero-order valence-electron chi connectivity index (χ0n) is 9.79. The minimum atomic E-state index is -0.242. The average molecular weight is 221 g/mol. The number of fused-ring (bicyclic) bond motifs is 1. The lowest BCUT2D eigenvalue weighted by atomic mass is 10.3. The lowest BCUT2D eigenvalue weighted by Gasteiger charge is -2.11. The van der Waals surface area contributed by atoms with Crippen molar-refractivity contribution in [3.8, 4) is 0 Å². The van der Waals surface area contributed by atoms with Crippen molar-refractivity contribution in [3.63, 3.8) is 0 Å².